The molecule has 0 unspecified atom stereocenters. The van der Waals surface area contributed by atoms with Gasteiger partial charge >= 0.3 is 5.97 Å². The van der Waals surface area contributed by atoms with Crippen LogP contribution in [0.2, 0.25) is 0 Å². The summed E-state index contributed by atoms with van der Waals surface area (Å²) in [4.78, 5) is 24.8. The molecule has 1 aromatic carbocycles. The Labute approximate surface area is 130 Å². The van der Waals surface area contributed by atoms with Crippen LogP contribution in [0.25, 0.3) is 0 Å². The minimum atomic E-state index is -1.04. The lowest BCUT2D eigenvalue weighted by Crippen LogP contribution is -2.30. The van der Waals surface area contributed by atoms with Gasteiger partial charge in [0.05, 0.1) is 0 Å². The molecule has 0 saturated carbocycles. The van der Waals surface area contributed by atoms with Crippen molar-refractivity contribution in [2.75, 3.05) is 7.05 Å². The second-order valence-electron chi connectivity index (χ2n) is 4.67. The molecule has 0 atom stereocenters. The van der Waals surface area contributed by atoms with Gasteiger partial charge in [-0.3, -0.25) is 4.79 Å². The van der Waals surface area contributed by atoms with Gasteiger partial charge in [-0.1, -0.05) is 34.1 Å². The number of aromatic carboxylic acids is 1. The van der Waals surface area contributed by atoms with Crippen molar-refractivity contribution in [1.29, 1.82) is 0 Å². The first-order chi connectivity index (χ1) is 9.99. The van der Waals surface area contributed by atoms with Crippen molar-refractivity contribution < 1.29 is 14.7 Å². The van der Waals surface area contributed by atoms with Crippen LogP contribution in [0.5, 0.6) is 0 Å². The molecular weight excluding hydrogens is 336 g/mol. The van der Waals surface area contributed by atoms with Crippen LogP contribution >= 0.6 is 15.9 Å². The molecule has 1 N–H and O–H groups in total. The molecular formula is C15H15BrN2O3. The van der Waals surface area contributed by atoms with E-state index in [9.17, 15) is 9.59 Å². The third-order valence-corrected chi connectivity index (χ3v) is 3.92. The number of carbonyl (C=O) groups is 2. The number of amides is 1. The van der Waals surface area contributed by atoms with Gasteiger partial charge < -0.3 is 14.6 Å². The van der Waals surface area contributed by atoms with E-state index in [0.717, 1.165) is 10.0 Å². The lowest BCUT2D eigenvalue weighted by molar-refractivity contribution is -0.131. The van der Waals surface area contributed by atoms with E-state index in [1.165, 1.54) is 10.6 Å². The van der Waals surface area contributed by atoms with Crippen LogP contribution in [0.15, 0.2) is 47.1 Å². The van der Waals surface area contributed by atoms with E-state index in [-0.39, 0.29) is 18.1 Å². The van der Waals surface area contributed by atoms with Crippen LogP contribution in [0.4, 0.5) is 0 Å². The number of rotatable bonds is 5. The van der Waals surface area contributed by atoms with Gasteiger partial charge in [0.15, 0.2) is 0 Å². The third kappa shape index (κ3) is 3.72. The van der Waals surface area contributed by atoms with Gasteiger partial charge in [0.1, 0.15) is 12.2 Å². The maximum Gasteiger partial charge on any atom is 0.352 e. The fraction of sp³-hybridized carbons (Fsp3) is 0.200. The van der Waals surface area contributed by atoms with Gasteiger partial charge in [-0.15, -0.1) is 0 Å². The maximum atomic E-state index is 12.2. The molecule has 2 rings (SSSR count). The molecule has 0 spiro atoms. The van der Waals surface area contributed by atoms with E-state index in [1.807, 2.05) is 24.3 Å². The first-order valence-electron chi connectivity index (χ1n) is 6.35. The second-order valence-corrected chi connectivity index (χ2v) is 5.52. The summed E-state index contributed by atoms with van der Waals surface area (Å²) in [6, 6.07) is 10.8. The molecule has 6 heteroatoms. The zero-order chi connectivity index (χ0) is 15.4. The van der Waals surface area contributed by atoms with E-state index in [4.69, 9.17) is 5.11 Å². The van der Waals surface area contributed by atoms with Gasteiger partial charge in [-0.25, -0.2) is 4.79 Å². The van der Waals surface area contributed by atoms with Crippen LogP contribution in [-0.2, 0) is 17.9 Å². The Balaban J connectivity index is 2.05. The van der Waals surface area contributed by atoms with Crippen molar-refractivity contribution in [2.24, 2.45) is 0 Å². The van der Waals surface area contributed by atoms with Crippen LogP contribution in [0.1, 0.15) is 16.1 Å². The summed E-state index contributed by atoms with van der Waals surface area (Å²) in [7, 11) is 1.70. The standard InChI is InChI=1S/C15H15BrN2O3/c1-17(9-11-5-2-3-6-12(11)16)14(19)10-18-8-4-7-13(18)15(20)21/h2-8H,9-10H2,1H3,(H,20,21). The number of carboxylic acids is 1. The number of hydrogen-bond acceptors (Lipinski definition) is 2. The minimum absolute atomic E-state index is 0.00951. The number of halogens is 1. The van der Waals surface area contributed by atoms with Crippen molar-refractivity contribution in [3.05, 3.63) is 58.3 Å². The van der Waals surface area contributed by atoms with E-state index >= 15 is 0 Å². The Kier molecular flexibility index (Phi) is 4.80. The predicted molar refractivity (Wildman–Crippen MR) is 82.0 cm³/mol. The Hall–Kier alpha value is -2.08. The number of likely N-dealkylation sites (N-methyl/N-ethyl adjacent to an activating group) is 1. The number of carboxylic acid groups (broad SMARTS) is 1. The van der Waals surface area contributed by atoms with E-state index < -0.39 is 5.97 Å². The number of benzene rings is 1. The molecule has 0 aliphatic heterocycles. The summed E-state index contributed by atoms with van der Waals surface area (Å²) in [5.74, 6) is -1.19. The highest BCUT2D eigenvalue weighted by Crippen LogP contribution is 2.17. The first kappa shape index (κ1) is 15.3. The first-order valence-corrected chi connectivity index (χ1v) is 7.14. The minimum Gasteiger partial charge on any atom is -0.477 e. The Morgan fingerprint density at radius 2 is 1.95 bits per heavy atom. The van der Waals surface area contributed by atoms with Crippen LogP contribution in [0.3, 0.4) is 0 Å². The zero-order valence-corrected chi connectivity index (χ0v) is 13.1. The summed E-state index contributed by atoms with van der Waals surface area (Å²) in [5.41, 5.74) is 1.11. The van der Waals surface area contributed by atoms with Crippen molar-refractivity contribution in [3.8, 4) is 0 Å². The van der Waals surface area contributed by atoms with Gasteiger partial charge in [-0.2, -0.15) is 0 Å². The topological polar surface area (TPSA) is 62.5 Å². The molecule has 1 aromatic heterocycles. The molecule has 0 fully saturated rings. The van der Waals surface area contributed by atoms with Gasteiger partial charge in [0, 0.05) is 24.3 Å². The SMILES string of the molecule is CN(Cc1ccccc1Br)C(=O)Cn1cccc1C(=O)O. The van der Waals surface area contributed by atoms with Gasteiger partial charge in [0.2, 0.25) is 5.91 Å². The van der Waals surface area contributed by atoms with Gasteiger partial charge in [0.25, 0.3) is 0 Å². The quantitative estimate of drug-likeness (QED) is 0.901. The molecule has 0 saturated heterocycles. The highest BCUT2D eigenvalue weighted by atomic mass is 79.9. The highest BCUT2D eigenvalue weighted by molar-refractivity contribution is 9.10. The molecule has 0 bridgehead atoms. The van der Waals surface area contributed by atoms with E-state index in [1.54, 1.807) is 24.2 Å². The lowest BCUT2D eigenvalue weighted by Gasteiger charge is -2.19. The second kappa shape index (κ2) is 6.58. The fourth-order valence-corrected chi connectivity index (χ4v) is 2.39. The van der Waals surface area contributed by atoms with Crippen LogP contribution in [-0.4, -0.2) is 33.5 Å². The van der Waals surface area contributed by atoms with Gasteiger partial charge in [-0.05, 0) is 23.8 Å². The smallest absolute Gasteiger partial charge is 0.352 e. The summed E-state index contributed by atoms with van der Waals surface area (Å²) in [6.45, 7) is 0.472. The molecule has 1 heterocycles. The molecule has 0 aliphatic carbocycles. The molecule has 0 radical (unpaired) electrons. The molecule has 0 aliphatic rings. The van der Waals surface area contributed by atoms with E-state index in [0.29, 0.717) is 6.54 Å². The maximum absolute atomic E-state index is 12.2. The Bertz CT molecular complexity index is 666. The largest absolute Gasteiger partial charge is 0.477 e. The predicted octanol–water partition coefficient (Wildman–Crippen LogP) is 2.61. The number of aromatic nitrogens is 1. The average Bonchev–Trinajstić information content (AvgIpc) is 2.89. The summed E-state index contributed by atoms with van der Waals surface area (Å²) < 4.78 is 2.37. The van der Waals surface area contributed by atoms with Crippen molar-refractivity contribution in [3.63, 3.8) is 0 Å². The monoisotopic (exact) mass is 350 g/mol. The summed E-state index contributed by atoms with van der Waals surface area (Å²) >= 11 is 3.44. The van der Waals surface area contributed by atoms with Crippen molar-refractivity contribution in [2.45, 2.75) is 13.1 Å². The molecule has 110 valence electrons. The third-order valence-electron chi connectivity index (χ3n) is 3.15. The fourth-order valence-electron chi connectivity index (χ4n) is 1.98. The van der Waals surface area contributed by atoms with Crippen molar-refractivity contribution >= 4 is 27.8 Å². The van der Waals surface area contributed by atoms with Crippen molar-refractivity contribution in [1.82, 2.24) is 9.47 Å². The Morgan fingerprint density at radius 3 is 2.62 bits per heavy atom. The zero-order valence-electron chi connectivity index (χ0n) is 11.5. The number of nitrogens with zero attached hydrogens (tertiary/aromatic N) is 2. The number of carbonyl (C=O) groups excluding carboxylic acids is 1. The molecule has 5 nitrogen and oxygen atoms in total. The molecule has 21 heavy (non-hydrogen) atoms. The molecule has 2 aromatic rings. The summed E-state index contributed by atoms with van der Waals surface area (Å²) in [5, 5.41) is 9.03. The van der Waals surface area contributed by atoms with Crippen LogP contribution in [0, 0.1) is 0 Å². The van der Waals surface area contributed by atoms with E-state index in [2.05, 4.69) is 15.9 Å². The molecule has 1 amide bonds. The Morgan fingerprint density at radius 1 is 1.24 bits per heavy atom. The normalized spacial score (nSPS) is 10.4. The average molecular weight is 351 g/mol. The highest BCUT2D eigenvalue weighted by Gasteiger charge is 2.15. The number of hydrogen-bond donors (Lipinski definition) is 1. The van der Waals surface area contributed by atoms with Crippen LogP contribution < -0.4 is 0 Å². The lowest BCUT2D eigenvalue weighted by atomic mass is 10.2. The summed E-state index contributed by atoms with van der Waals surface area (Å²) in [6.07, 6.45) is 1.59.